The van der Waals surface area contributed by atoms with Gasteiger partial charge in [0, 0.05) is 18.8 Å². The molecule has 0 atom stereocenters. The van der Waals surface area contributed by atoms with Crippen molar-refractivity contribution >= 4 is 11.4 Å². The van der Waals surface area contributed by atoms with Gasteiger partial charge in [0.2, 0.25) is 0 Å². The molecule has 1 aliphatic heterocycles. The number of hydrogen-bond acceptors (Lipinski definition) is 3. The van der Waals surface area contributed by atoms with E-state index in [0.717, 1.165) is 23.7 Å². The fourth-order valence-electron chi connectivity index (χ4n) is 2.99. The Bertz CT molecular complexity index is 410. The van der Waals surface area contributed by atoms with Gasteiger partial charge in [-0.1, -0.05) is 0 Å². The minimum absolute atomic E-state index is 0.0511. The van der Waals surface area contributed by atoms with Gasteiger partial charge in [-0.15, -0.1) is 0 Å². The Labute approximate surface area is 96.2 Å². The Morgan fingerprint density at radius 1 is 1.31 bits per heavy atom. The molecule has 0 unspecified atom stereocenters. The number of nitrogens with two attached hydrogens (primary N) is 1. The molecule has 1 saturated carbocycles. The fourth-order valence-corrected chi connectivity index (χ4v) is 2.99. The summed E-state index contributed by atoms with van der Waals surface area (Å²) in [5.41, 5.74) is 7.81. The minimum Gasteiger partial charge on any atom is -0.483 e. The van der Waals surface area contributed by atoms with E-state index in [1.807, 2.05) is 18.2 Å². The first-order chi connectivity index (χ1) is 7.69. The number of ether oxygens (including phenoxy) is 1. The van der Waals surface area contributed by atoms with Crippen molar-refractivity contribution in [2.75, 3.05) is 24.2 Å². The van der Waals surface area contributed by atoms with Crippen molar-refractivity contribution in [2.24, 2.45) is 0 Å². The van der Waals surface area contributed by atoms with Gasteiger partial charge in [0.1, 0.15) is 11.4 Å². The molecule has 1 spiro atoms. The van der Waals surface area contributed by atoms with Crippen LogP contribution in [-0.2, 0) is 0 Å². The smallest absolute Gasteiger partial charge is 0.145 e. The number of hydrogen-bond donors (Lipinski definition) is 1. The molecule has 3 rings (SSSR count). The molecular weight excluding hydrogens is 200 g/mol. The Balaban J connectivity index is 2.00. The molecule has 3 heteroatoms. The fraction of sp³-hybridized carbons (Fsp3) is 0.538. The van der Waals surface area contributed by atoms with Gasteiger partial charge in [0.05, 0.1) is 12.2 Å². The summed E-state index contributed by atoms with van der Waals surface area (Å²) in [5.74, 6) is 0.954. The van der Waals surface area contributed by atoms with Crippen LogP contribution in [0.25, 0.3) is 0 Å². The first-order valence-corrected chi connectivity index (χ1v) is 5.98. The molecular formula is C13H18N2O. The van der Waals surface area contributed by atoms with Gasteiger partial charge in [-0.05, 0) is 37.8 Å². The molecule has 2 aliphatic rings. The van der Waals surface area contributed by atoms with Crippen LogP contribution in [0.3, 0.4) is 0 Å². The summed E-state index contributed by atoms with van der Waals surface area (Å²) in [6.07, 6.45) is 4.91. The highest BCUT2D eigenvalue weighted by Gasteiger charge is 2.41. The van der Waals surface area contributed by atoms with E-state index in [1.54, 1.807) is 0 Å². The number of nitrogens with zero attached hydrogens (tertiary/aromatic N) is 1. The largest absolute Gasteiger partial charge is 0.483 e. The highest BCUT2D eigenvalue weighted by molar-refractivity contribution is 5.65. The summed E-state index contributed by atoms with van der Waals surface area (Å²) in [6, 6.07) is 5.93. The lowest BCUT2D eigenvalue weighted by Gasteiger charge is -2.41. The zero-order valence-corrected chi connectivity index (χ0v) is 9.70. The van der Waals surface area contributed by atoms with Gasteiger partial charge in [0.25, 0.3) is 0 Å². The van der Waals surface area contributed by atoms with E-state index in [0.29, 0.717) is 0 Å². The monoisotopic (exact) mass is 218 g/mol. The van der Waals surface area contributed by atoms with Crippen LogP contribution in [0, 0.1) is 0 Å². The van der Waals surface area contributed by atoms with Crippen LogP contribution in [0.15, 0.2) is 18.2 Å². The van der Waals surface area contributed by atoms with Crippen LogP contribution in [0.1, 0.15) is 25.7 Å². The van der Waals surface area contributed by atoms with E-state index in [2.05, 4.69) is 11.9 Å². The average Bonchev–Trinajstić information content (AvgIpc) is 2.65. The molecule has 1 fully saturated rings. The Morgan fingerprint density at radius 3 is 2.81 bits per heavy atom. The van der Waals surface area contributed by atoms with Gasteiger partial charge >= 0.3 is 0 Å². The van der Waals surface area contributed by atoms with Crippen LogP contribution in [0.5, 0.6) is 5.75 Å². The Kier molecular flexibility index (Phi) is 2.03. The standard InChI is InChI=1S/C13H18N2O/c1-15-9-13(6-2-3-7-13)16-12-8-10(14)4-5-11(12)15/h4-5,8H,2-3,6-7,9,14H2,1H3. The van der Waals surface area contributed by atoms with Crippen LogP contribution >= 0.6 is 0 Å². The van der Waals surface area contributed by atoms with Crippen molar-refractivity contribution in [3.05, 3.63) is 18.2 Å². The Morgan fingerprint density at radius 2 is 2.06 bits per heavy atom. The SMILES string of the molecule is CN1CC2(CCCC2)Oc2cc(N)ccc21. The molecule has 16 heavy (non-hydrogen) atoms. The number of benzene rings is 1. The molecule has 3 nitrogen and oxygen atoms in total. The third kappa shape index (κ3) is 1.42. The lowest BCUT2D eigenvalue weighted by molar-refractivity contribution is 0.0748. The first kappa shape index (κ1) is 9.82. The maximum Gasteiger partial charge on any atom is 0.145 e. The van der Waals surface area contributed by atoms with Gasteiger partial charge in [-0.3, -0.25) is 0 Å². The van der Waals surface area contributed by atoms with E-state index in [1.165, 1.54) is 25.7 Å². The van der Waals surface area contributed by atoms with Crippen molar-refractivity contribution in [3.8, 4) is 5.75 Å². The zero-order valence-electron chi connectivity index (χ0n) is 9.70. The third-order valence-corrected chi connectivity index (χ3v) is 3.76. The van der Waals surface area contributed by atoms with E-state index in [4.69, 9.17) is 10.5 Å². The predicted molar refractivity (Wildman–Crippen MR) is 66.0 cm³/mol. The summed E-state index contributed by atoms with van der Waals surface area (Å²) >= 11 is 0. The molecule has 0 amide bonds. The molecule has 1 heterocycles. The van der Waals surface area contributed by atoms with Crippen molar-refractivity contribution in [3.63, 3.8) is 0 Å². The molecule has 0 radical (unpaired) electrons. The van der Waals surface area contributed by atoms with Crippen LogP contribution in [0.4, 0.5) is 11.4 Å². The molecule has 2 N–H and O–H groups in total. The van der Waals surface area contributed by atoms with Crippen LogP contribution in [0.2, 0.25) is 0 Å². The summed E-state index contributed by atoms with van der Waals surface area (Å²) in [5, 5.41) is 0. The second-order valence-corrected chi connectivity index (χ2v) is 5.08. The highest BCUT2D eigenvalue weighted by Crippen LogP contribution is 2.43. The van der Waals surface area contributed by atoms with Crippen molar-refractivity contribution in [1.82, 2.24) is 0 Å². The minimum atomic E-state index is 0.0511. The number of nitrogen functional groups attached to an aromatic ring is 1. The van der Waals surface area contributed by atoms with Crippen LogP contribution < -0.4 is 15.4 Å². The topological polar surface area (TPSA) is 38.5 Å². The van der Waals surface area contributed by atoms with Gasteiger partial charge in [-0.2, -0.15) is 0 Å². The molecule has 1 aromatic carbocycles. The summed E-state index contributed by atoms with van der Waals surface area (Å²) in [6.45, 7) is 1.00. The van der Waals surface area contributed by atoms with E-state index < -0.39 is 0 Å². The van der Waals surface area contributed by atoms with E-state index in [-0.39, 0.29) is 5.60 Å². The second kappa shape index (κ2) is 3.30. The predicted octanol–water partition coefficient (Wildman–Crippen LogP) is 2.41. The number of fused-ring (bicyclic) bond motifs is 1. The lowest BCUT2D eigenvalue weighted by atomic mass is 9.98. The molecule has 86 valence electrons. The lowest BCUT2D eigenvalue weighted by Crippen LogP contribution is -2.47. The van der Waals surface area contributed by atoms with E-state index >= 15 is 0 Å². The van der Waals surface area contributed by atoms with Gasteiger partial charge in [0.15, 0.2) is 0 Å². The molecule has 1 aromatic rings. The van der Waals surface area contributed by atoms with Gasteiger partial charge in [-0.25, -0.2) is 0 Å². The third-order valence-electron chi connectivity index (χ3n) is 3.76. The van der Waals surface area contributed by atoms with Crippen LogP contribution in [-0.4, -0.2) is 19.2 Å². The van der Waals surface area contributed by atoms with Crippen molar-refractivity contribution < 1.29 is 4.74 Å². The number of anilines is 2. The molecule has 0 aromatic heterocycles. The quantitative estimate of drug-likeness (QED) is 0.680. The van der Waals surface area contributed by atoms with Gasteiger partial charge < -0.3 is 15.4 Å². The summed E-state index contributed by atoms with van der Waals surface area (Å²) < 4.78 is 6.21. The van der Waals surface area contributed by atoms with E-state index in [9.17, 15) is 0 Å². The normalized spacial score (nSPS) is 21.9. The average molecular weight is 218 g/mol. The molecule has 0 bridgehead atoms. The maximum absolute atomic E-state index is 6.21. The number of likely N-dealkylation sites (N-methyl/N-ethyl adjacent to an activating group) is 1. The van der Waals surface area contributed by atoms with Crippen molar-refractivity contribution in [2.45, 2.75) is 31.3 Å². The number of rotatable bonds is 0. The highest BCUT2D eigenvalue weighted by atomic mass is 16.5. The Hall–Kier alpha value is -1.38. The first-order valence-electron chi connectivity index (χ1n) is 5.98. The second-order valence-electron chi connectivity index (χ2n) is 5.08. The zero-order chi connectivity index (χ0) is 11.2. The van der Waals surface area contributed by atoms with Crippen molar-refractivity contribution in [1.29, 1.82) is 0 Å². The summed E-state index contributed by atoms with van der Waals surface area (Å²) in [7, 11) is 2.14. The molecule has 1 aliphatic carbocycles. The summed E-state index contributed by atoms with van der Waals surface area (Å²) in [4.78, 5) is 2.30. The maximum atomic E-state index is 6.21. The molecule has 0 saturated heterocycles.